The highest BCUT2D eigenvalue weighted by Gasteiger charge is 2.29. The molecule has 0 aliphatic carbocycles. The molecule has 0 radical (unpaired) electrons. The third kappa shape index (κ3) is 7.26. The van der Waals surface area contributed by atoms with Gasteiger partial charge in [0.15, 0.2) is 0 Å². The minimum absolute atomic E-state index is 0. The molecule has 0 saturated heterocycles. The van der Waals surface area contributed by atoms with Crippen LogP contribution in [0.3, 0.4) is 0 Å². The van der Waals surface area contributed by atoms with E-state index >= 15 is 0 Å². The molecule has 1 aromatic heterocycles. The molecule has 8 N–H and O–H groups in total. The number of ether oxygens (including phenoxy) is 1. The van der Waals surface area contributed by atoms with Crippen LogP contribution in [-0.4, -0.2) is 56.4 Å². The molecule has 2 amide bonds. The molecule has 11 nitrogen and oxygen atoms in total. The Labute approximate surface area is 249 Å². The van der Waals surface area contributed by atoms with Crippen molar-refractivity contribution in [1.29, 1.82) is 0 Å². The van der Waals surface area contributed by atoms with Crippen LogP contribution >= 0.6 is 0 Å². The molecule has 3 aromatic carbocycles. The maximum atomic E-state index is 14.0. The standard InChI is InChI=1S/C32H35N5O5.H2O/c1-18-12-23(29(34)38)13-19(2)24(18)15-26(33)31(39)37(17-21-10-11-28(42-4)25(14-21)32(40)41)20(3)30-35-16-27(36-30)22-8-6-5-7-9-22;/h5-14,16,20,26H,15,17,33H2,1-4H3,(H2,34,38)(H,35,36)(H,40,41);1H2/t20-,26-;/m0./s1. The summed E-state index contributed by atoms with van der Waals surface area (Å²) in [6.07, 6.45) is 1.95. The minimum Gasteiger partial charge on any atom is -0.496 e. The number of nitrogens with two attached hydrogens (primary N) is 2. The Hall–Kier alpha value is -5.00. The second-order valence-corrected chi connectivity index (χ2v) is 10.3. The Bertz CT molecular complexity index is 1590. The number of imidazole rings is 1. The van der Waals surface area contributed by atoms with Crippen LogP contribution < -0.4 is 16.2 Å². The summed E-state index contributed by atoms with van der Waals surface area (Å²) >= 11 is 0. The number of rotatable bonds is 11. The van der Waals surface area contributed by atoms with Crippen molar-refractivity contribution in [3.63, 3.8) is 0 Å². The van der Waals surface area contributed by atoms with Gasteiger partial charge in [0.2, 0.25) is 11.8 Å². The van der Waals surface area contributed by atoms with Gasteiger partial charge in [-0.15, -0.1) is 0 Å². The lowest BCUT2D eigenvalue weighted by Crippen LogP contribution is -2.46. The first kappa shape index (κ1) is 32.5. The van der Waals surface area contributed by atoms with Gasteiger partial charge in [0.25, 0.3) is 0 Å². The van der Waals surface area contributed by atoms with Gasteiger partial charge < -0.3 is 36.7 Å². The summed E-state index contributed by atoms with van der Waals surface area (Å²) in [6, 6.07) is 16.4. The quantitative estimate of drug-likeness (QED) is 0.206. The fraction of sp³-hybridized carbons (Fsp3) is 0.250. The van der Waals surface area contributed by atoms with Crippen LogP contribution in [0, 0.1) is 13.8 Å². The molecule has 11 heteroatoms. The molecule has 4 aromatic rings. The van der Waals surface area contributed by atoms with E-state index in [0.29, 0.717) is 17.0 Å². The summed E-state index contributed by atoms with van der Waals surface area (Å²) in [4.78, 5) is 47.1. The smallest absolute Gasteiger partial charge is 0.339 e. The summed E-state index contributed by atoms with van der Waals surface area (Å²) in [7, 11) is 1.40. The lowest BCUT2D eigenvalue weighted by molar-refractivity contribution is -0.135. The Morgan fingerprint density at radius 1 is 1.05 bits per heavy atom. The first-order valence-electron chi connectivity index (χ1n) is 13.5. The van der Waals surface area contributed by atoms with Gasteiger partial charge >= 0.3 is 5.97 Å². The average molecular weight is 588 g/mol. The van der Waals surface area contributed by atoms with Gasteiger partial charge in [-0.05, 0) is 79.3 Å². The number of carbonyl (C=O) groups excluding carboxylic acids is 2. The summed E-state index contributed by atoms with van der Waals surface area (Å²) in [5, 5.41) is 9.70. The van der Waals surface area contributed by atoms with Crippen LogP contribution in [0.25, 0.3) is 11.3 Å². The van der Waals surface area contributed by atoms with Gasteiger partial charge in [0.05, 0.1) is 31.1 Å². The Balaban J connectivity index is 0.00000506. The molecule has 2 atom stereocenters. The van der Waals surface area contributed by atoms with Crippen LogP contribution in [0.1, 0.15) is 61.8 Å². The van der Waals surface area contributed by atoms with E-state index in [1.165, 1.54) is 13.2 Å². The number of benzene rings is 3. The summed E-state index contributed by atoms with van der Waals surface area (Å²) in [5.74, 6) is -1.23. The van der Waals surface area contributed by atoms with Gasteiger partial charge in [-0.1, -0.05) is 36.4 Å². The van der Waals surface area contributed by atoms with E-state index in [-0.39, 0.29) is 35.7 Å². The van der Waals surface area contributed by atoms with Crippen LogP contribution in [0.2, 0.25) is 0 Å². The third-order valence-corrected chi connectivity index (χ3v) is 7.40. The van der Waals surface area contributed by atoms with Crippen molar-refractivity contribution < 1.29 is 29.7 Å². The van der Waals surface area contributed by atoms with Gasteiger partial charge in [0, 0.05) is 12.1 Å². The number of hydrogen-bond donors (Lipinski definition) is 4. The van der Waals surface area contributed by atoms with Crippen molar-refractivity contribution in [1.82, 2.24) is 14.9 Å². The molecule has 4 rings (SSSR count). The molecule has 0 aliphatic heterocycles. The number of nitrogens with one attached hydrogen (secondary N) is 1. The SMILES string of the molecule is COc1ccc(CN(C(=O)[C@@H](N)Cc2c(C)cc(C(N)=O)cc2C)[C@@H](C)c2ncc(-c3ccccc3)[nH]2)cc1C(=O)O.O. The average Bonchev–Trinajstić information content (AvgIpc) is 3.47. The van der Waals surface area contributed by atoms with E-state index in [1.807, 2.05) is 51.1 Å². The number of methoxy groups -OCH3 is 1. The van der Waals surface area contributed by atoms with Crippen molar-refractivity contribution in [2.75, 3.05) is 7.11 Å². The number of aromatic nitrogens is 2. The molecule has 0 aliphatic rings. The maximum absolute atomic E-state index is 14.0. The van der Waals surface area contributed by atoms with Crippen molar-refractivity contribution in [2.45, 2.75) is 45.8 Å². The number of carboxylic acid groups (broad SMARTS) is 1. The van der Waals surface area contributed by atoms with Crippen molar-refractivity contribution in [3.05, 3.63) is 106 Å². The molecular weight excluding hydrogens is 550 g/mol. The molecule has 0 bridgehead atoms. The first-order valence-corrected chi connectivity index (χ1v) is 13.5. The van der Waals surface area contributed by atoms with E-state index in [2.05, 4.69) is 9.97 Å². The minimum atomic E-state index is -1.14. The molecule has 0 fully saturated rings. The number of primary amides is 1. The highest BCUT2D eigenvalue weighted by molar-refractivity contribution is 5.93. The number of amides is 2. The predicted octanol–water partition coefficient (Wildman–Crippen LogP) is 3.33. The van der Waals surface area contributed by atoms with Crippen molar-refractivity contribution in [2.24, 2.45) is 11.5 Å². The van der Waals surface area contributed by atoms with E-state index in [9.17, 15) is 19.5 Å². The molecule has 43 heavy (non-hydrogen) atoms. The fourth-order valence-corrected chi connectivity index (χ4v) is 5.06. The third-order valence-electron chi connectivity index (χ3n) is 7.40. The number of nitrogens with zero attached hydrogens (tertiary/aromatic N) is 2. The topological polar surface area (TPSA) is 196 Å². The first-order chi connectivity index (χ1) is 20.0. The van der Waals surface area contributed by atoms with Gasteiger partial charge in [-0.25, -0.2) is 9.78 Å². The highest BCUT2D eigenvalue weighted by Crippen LogP contribution is 2.28. The van der Waals surface area contributed by atoms with E-state index < -0.39 is 24.0 Å². The normalized spacial score (nSPS) is 12.1. The van der Waals surface area contributed by atoms with Gasteiger partial charge in [0.1, 0.15) is 17.1 Å². The molecule has 0 spiro atoms. The maximum Gasteiger partial charge on any atom is 0.339 e. The van der Waals surface area contributed by atoms with Crippen LogP contribution in [-0.2, 0) is 17.8 Å². The molecule has 0 saturated carbocycles. The van der Waals surface area contributed by atoms with Crippen LogP contribution in [0.4, 0.5) is 0 Å². The number of aromatic carboxylic acids is 1. The Morgan fingerprint density at radius 3 is 2.28 bits per heavy atom. The monoisotopic (exact) mass is 587 g/mol. The van der Waals surface area contributed by atoms with E-state index in [4.69, 9.17) is 16.2 Å². The lowest BCUT2D eigenvalue weighted by atomic mass is 9.93. The summed E-state index contributed by atoms with van der Waals surface area (Å²) < 4.78 is 5.20. The summed E-state index contributed by atoms with van der Waals surface area (Å²) in [5.41, 5.74) is 17.2. The van der Waals surface area contributed by atoms with E-state index in [0.717, 1.165) is 27.9 Å². The number of carboxylic acids is 1. The second-order valence-electron chi connectivity index (χ2n) is 10.3. The molecule has 226 valence electrons. The zero-order chi connectivity index (χ0) is 30.6. The number of aromatic amines is 1. The zero-order valence-corrected chi connectivity index (χ0v) is 24.5. The number of carbonyl (C=O) groups is 3. The molecule has 1 heterocycles. The predicted molar refractivity (Wildman–Crippen MR) is 163 cm³/mol. The number of aryl methyl sites for hydroxylation is 2. The largest absolute Gasteiger partial charge is 0.496 e. The lowest BCUT2D eigenvalue weighted by Gasteiger charge is -2.31. The fourth-order valence-electron chi connectivity index (χ4n) is 5.06. The zero-order valence-electron chi connectivity index (χ0n) is 24.5. The van der Waals surface area contributed by atoms with Crippen molar-refractivity contribution >= 4 is 17.8 Å². The Morgan fingerprint density at radius 2 is 1.70 bits per heavy atom. The summed E-state index contributed by atoms with van der Waals surface area (Å²) in [6.45, 7) is 5.63. The number of H-pyrrole nitrogens is 1. The van der Waals surface area contributed by atoms with Gasteiger partial charge in [-0.3, -0.25) is 9.59 Å². The number of hydrogen-bond acceptors (Lipinski definition) is 6. The van der Waals surface area contributed by atoms with Crippen LogP contribution in [0.5, 0.6) is 5.75 Å². The second kappa shape index (κ2) is 13.8. The van der Waals surface area contributed by atoms with Crippen molar-refractivity contribution in [3.8, 4) is 17.0 Å². The Kier molecular flexibility index (Phi) is 10.4. The highest BCUT2D eigenvalue weighted by atomic mass is 16.5. The molecule has 0 unspecified atom stereocenters. The van der Waals surface area contributed by atoms with E-state index in [1.54, 1.807) is 35.4 Å². The van der Waals surface area contributed by atoms with Gasteiger partial charge in [-0.2, -0.15) is 0 Å². The van der Waals surface area contributed by atoms with Crippen LogP contribution in [0.15, 0.2) is 66.9 Å². The molecular formula is C32H37N5O6.